The molecular weight excluding hydrogens is 455 g/mol. The van der Waals surface area contributed by atoms with Gasteiger partial charge in [-0.05, 0) is 43.3 Å². The van der Waals surface area contributed by atoms with Crippen molar-refractivity contribution in [3.05, 3.63) is 99.2 Å². The van der Waals surface area contributed by atoms with Crippen LogP contribution in [0.4, 0.5) is 9.52 Å². The molecule has 6 nitrogen and oxygen atoms in total. The Balaban J connectivity index is 1.64. The van der Waals surface area contributed by atoms with Crippen LogP contribution in [0.5, 0.6) is 5.75 Å². The lowest BCUT2D eigenvalue weighted by molar-refractivity contribution is 0.0971. The number of amides is 1. The number of hydrogen-bond acceptors (Lipinski definition) is 6. The number of rotatable bonds is 3. The molecule has 0 spiro atoms. The van der Waals surface area contributed by atoms with Gasteiger partial charge >= 0.3 is 0 Å². The van der Waals surface area contributed by atoms with Crippen LogP contribution in [-0.2, 0) is 0 Å². The predicted octanol–water partition coefficient (Wildman–Crippen LogP) is 5.61. The minimum atomic E-state index is -1.01. The van der Waals surface area contributed by atoms with Crippen molar-refractivity contribution in [2.45, 2.75) is 13.0 Å². The zero-order valence-electron chi connectivity index (χ0n) is 18.2. The van der Waals surface area contributed by atoms with Gasteiger partial charge < -0.3 is 9.15 Å². The molecule has 0 saturated carbocycles. The molecule has 0 radical (unpaired) electrons. The first-order valence-electron chi connectivity index (χ1n) is 10.6. The highest BCUT2D eigenvalue weighted by Crippen LogP contribution is 2.44. The van der Waals surface area contributed by atoms with E-state index in [0.717, 1.165) is 10.3 Å². The molecule has 0 aliphatic carbocycles. The van der Waals surface area contributed by atoms with Gasteiger partial charge in [0.25, 0.3) is 5.91 Å². The highest BCUT2D eigenvalue weighted by molar-refractivity contribution is 7.22. The maximum Gasteiger partial charge on any atom is 0.297 e. The van der Waals surface area contributed by atoms with Gasteiger partial charge in [-0.15, -0.1) is 0 Å². The average Bonchev–Trinajstić information content (AvgIpc) is 3.38. The largest absolute Gasteiger partial charge is 0.497 e. The van der Waals surface area contributed by atoms with Crippen molar-refractivity contribution in [1.82, 2.24) is 4.98 Å². The Morgan fingerprint density at radius 1 is 1.09 bits per heavy atom. The van der Waals surface area contributed by atoms with E-state index in [4.69, 9.17) is 9.15 Å². The first kappa shape index (κ1) is 20.6. The van der Waals surface area contributed by atoms with Crippen molar-refractivity contribution in [1.29, 1.82) is 0 Å². The molecular formula is C26H17FN2O4S. The number of hydrogen-bond donors (Lipinski definition) is 0. The fourth-order valence-electron chi connectivity index (χ4n) is 4.40. The topological polar surface area (TPSA) is 72.6 Å². The van der Waals surface area contributed by atoms with Crippen molar-refractivity contribution in [3.8, 4) is 5.75 Å². The summed E-state index contributed by atoms with van der Waals surface area (Å²) in [4.78, 5) is 33.3. The molecule has 1 aliphatic rings. The SMILES string of the molecule is COc1ccc2nc(N3C(=O)c4oc5ccc(C)cc5c(=O)c4[C@H]3c3ccccc3F)sc2c1. The molecule has 3 aromatic carbocycles. The van der Waals surface area contributed by atoms with Crippen molar-refractivity contribution < 1.29 is 18.3 Å². The van der Waals surface area contributed by atoms with Gasteiger partial charge in [-0.1, -0.05) is 41.2 Å². The second-order valence-corrected chi connectivity index (χ2v) is 9.11. The van der Waals surface area contributed by atoms with Crippen LogP contribution in [0.1, 0.15) is 33.3 Å². The molecule has 2 aromatic heterocycles. The third-order valence-corrected chi connectivity index (χ3v) is 7.03. The van der Waals surface area contributed by atoms with Gasteiger partial charge in [0.15, 0.2) is 10.6 Å². The van der Waals surface area contributed by atoms with Crippen LogP contribution in [0.15, 0.2) is 69.9 Å². The number of aromatic nitrogens is 1. The number of methoxy groups -OCH3 is 1. The standard InChI is InChI=1S/C26H17FN2O4S/c1-13-7-10-19-16(11-13)23(30)21-22(15-5-3-4-6-17(15)27)29(25(31)24(21)33-19)26-28-18-9-8-14(32-2)12-20(18)34-26/h3-12,22H,1-2H3/t22-/m1/s1. The second-order valence-electron chi connectivity index (χ2n) is 8.10. The molecule has 8 heteroatoms. The first-order valence-corrected chi connectivity index (χ1v) is 11.4. The van der Waals surface area contributed by atoms with E-state index in [0.29, 0.717) is 27.4 Å². The molecule has 6 rings (SSSR count). The van der Waals surface area contributed by atoms with Crippen LogP contribution in [0, 0.1) is 12.7 Å². The van der Waals surface area contributed by atoms with Gasteiger partial charge in [-0.2, -0.15) is 0 Å². The minimum absolute atomic E-state index is 0.0913. The molecule has 5 aromatic rings. The van der Waals surface area contributed by atoms with E-state index in [1.807, 2.05) is 19.1 Å². The quantitative estimate of drug-likeness (QED) is 0.341. The Morgan fingerprint density at radius 2 is 1.91 bits per heavy atom. The number of thiazole rings is 1. The lowest BCUT2D eigenvalue weighted by Crippen LogP contribution is -2.30. The van der Waals surface area contributed by atoms with Gasteiger partial charge in [-0.3, -0.25) is 14.5 Å². The molecule has 1 atom stereocenters. The van der Waals surface area contributed by atoms with Crippen molar-refractivity contribution in [2.24, 2.45) is 0 Å². The van der Waals surface area contributed by atoms with E-state index in [1.165, 1.54) is 22.3 Å². The smallest absolute Gasteiger partial charge is 0.297 e. The Morgan fingerprint density at radius 3 is 2.71 bits per heavy atom. The van der Waals surface area contributed by atoms with Crippen LogP contribution in [0.25, 0.3) is 21.2 Å². The average molecular weight is 472 g/mol. The Bertz CT molecular complexity index is 1690. The van der Waals surface area contributed by atoms with Crippen molar-refractivity contribution >= 4 is 43.6 Å². The molecule has 3 heterocycles. The van der Waals surface area contributed by atoms with Gasteiger partial charge in [0.2, 0.25) is 5.76 Å². The van der Waals surface area contributed by atoms with E-state index < -0.39 is 17.8 Å². The summed E-state index contributed by atoms with van der Waals surface area (Å²) in [5.41, 5.74) is 1.81. The van der Waals surface area contributed by atoms with Gasteiger partial charge in [0.1, 0.15) is 23.2 Å². The number of nitrogens with zero attached hydrogens (tertiary/aromatic N) is 2. The number of benzene rings is 3. The molecule has 0 saturated heterocycles. The number of carbonyl (C=O) groups is 1. The second kappa shape index (κ2) is 7.50. The summed E-state index contributed by atoms with van der Waals surface area (Å²) in [6.45, 7) is 1.87. The summed E-state index contributed by atoms with van der Waals surface area (Å²) < 4.78 is 27.1. The fraction of sp³-hybridized carbons (Fsp3) is 0.115. The van der Waals surface area contributed by atoms with Gasteiger partial charge in [0, 0.05) is 5.56 Å². The number of ether oxygens (including phenoxy) is 1. The molecule has 0 bridgehead atoms. The normalized spacial score (nSPS) is 15.3. The monoisotopic (exact) mass is 472 g/mol. The molecule has 168 valence electrons. The predicted molar refractivity (Wildman–Crippen MR) is 128 cm³/mol. The Hall–Kier alpha value is -4.04. The highest BCUT2D eigenvalue weighted by atomic mass is 32.1. The Labute approximate surface area is 196 Å². The Kier molecular flexibility index (Phi) is 4.53. The van der Waals surface area contributed by atoms with Crippen molar-refractivity contribution in [2.75, 3.05) is 12.0 Å². The summed E-state index contributed by atoms with van der Waals surface area (Å²) in [5.74, 6) is -0.493. The van der Waals surface area contributed by atoms with Crippen LogP contribution in [-0.4, -0.2) is 18.0 Å². The molecule has 0 N–H and O–H groups in total. The highest BCUT2D eigenvalue weighted by Gasteiger charge is 2.45. The summed E-state index contributed by atoms with van der Waals surface area (Å²) >= 11 is 1.26. The fourth-order valence-corrected chi connectivity index (χ4v) is 5.42. The zero-order valence-corrected chi connectivity index (χ0v) is 19.0. The number of aryl methyl sites for hydroxylation is 1. The number of halogens is 1. The number of fused-ring (bicyclic) bond motifs is 3. The van der Waals surface area contributed by atoms with E-state index in [-0.39, 0.29) is 22.3 Å². The van der Waals surface area contributed by atoms with Crippen LogP contribution < -0.4 is 15.1 Å². The molecule has 1 aliphatic heterocycles. The zero-order chi connectivity index (χ0) is 23.6. The minimum Gasteiger partial charge on any atom is -0.497 e. The third-order valence-electron chi connectivity index (χ3n) is 6.02. The third kappa shape index (κ3) is 2.95. The van der Waals surface area contributed by atoms with Gasteiger partial charge in [-0.25, -0.2) is 9.37 Å². The lowest BCUT2D eigenvalue weighted by Gasteiger charge is -2.22. The van der Waals surface area contributed by atoms with Crippen LogP contribution >= 0.6 is 11.3 Å². The van der Waals surface area contributed by atoms with E-state index in [1.54, 1.807) is 49.6 Å². The number of anilines is 1. The number of carbonyl (C=O) groups excluding carboxylic acids is 1. The molecule has 0 unspecified atom stereocenters. The van der Waals surface area contributed by atoms with Crippen LogP contribution in [0.3, 0.4) is 0 Å². The maximum absolute atomic E-state index is 15.1. The summed E-state index contributed by atoms with van der Waals surface area (Å²) in [6.07, 6.45) is 0. The maximum atomic E-state index is 15.1. The van der Waals surface area contributed by atoms with E-state index in [9.17, 15) is 9.59 Å². The molecule has 0 fully saturated rings. The van der Waals surface area contributed by atoms with E-state index in [2.05, 4.69) is 4.98 Å². The molecule has 34 heavy (non-hydrogen) atoms. The van der Waals surface area contributed by atoms with E-state index >= 15 is 4.39 Å². The van der Waals surface area contributed by atoms with Gasteiger partial charge in [0.05, 0.1) is 28.3 Å². The lowest BCUT2D eigenvalue weighted by atomic mass is 9.98. The van der Waals surface area contributed by atoms with Crippen LogP contribution in [0.2, 0.25) is 0 Å². The summed E-state index contributed by atoms with van der Waals surface area (Å²) in [7, 11) is 1.57. The molecule has 1 amide bonds. The summed E-state index contributed by atoms with van der Waals surface area (Å²) in [5, 5.41) is 0.691. The summed E-state index contributed by atoms with van der Waals surface area (Å²) in [6, 6.07) is 15.7. The van der Waals surface area contributed by atoms with Crippen molar-refractivity contribution in [3.63, 3.8) is 0 Å². The first-order chi connectivity index (χ1) is 16.5.